The number of nitrogens with two attached hydrogens (primary N) is 1. The van der Waals surface area contributed by atoms with Gasteiger partial charge in [0.25, 0.3) is 5.69 Å². The Bertz CT molecular complexity index is 1270. The largest absolute Gasteiger partial charge is 0.487 e. The van der Waals surface area contributed by atoms with Crippen LogP contribution in [0.4, 0.5) is 5.69 Å². The molecular weight excluding hydrogens is 546 g/mol. The quantitative estimate of drug-likeness (QED) is 0.332. The van der Waals surface area contributed by atoms with E-state index in [0.29, 0.717) is 26.1 Å². The zero-order valence-corrected chi connectivity index (χ0v) is 19.7. The highest BCUT2D eigenvalue weighted by Gasteiger charge is 2.34. The first kappa shape index (κ1) is 21.9. The number of nitro benzene ring substituents is 1. The monoisotopic (exact) mass is 559 g/mol. The molecular formula is C21H15Br2N5O4. The number of aryl methyl sites for hydroxylation is 1. The molecule has 0 saturated carbocycles. The van der Waals surface area contributed by atoms with Crippen molar-refractivity contribution in [2.24, 2.45) is 5.73 Å². The van der Waals surface area contributed by atoms with Crippen molar-refractivity contribution in [2.45, 2.75) is 19.4 Å². The van der Waals surface area contributed by atoms with Crippen molar-refractivity contribution < 1.29 is 14.4 Å². The van der Waals surface area contributed by atoms with E-state index in [2.05, 4.69) is 48.1 Å². The first-order valence-corrected chi connectivity index (χ1v) is 10.9. The zero-order valence-electron chi connectivity index (χ0n) is 16.6. The third-order valence-electron chi connectivity index (χ3n) is 5.01. The molecule has 3 N–H and O–H groups in total. The Labute approximate surface area is 199 Å². The molecule has 1 aliphatic heterocycles. The number of nitrogens with zero attached hydrogens (tertiary/aromatic N) is 3. The molecule has 0 spiro atoms. The number of fused-ring (bicyclic) bond motifs is 1. The van der Waals surface area contributed by atoms with Crippen LogP contribution in [0.15, 0.2) is 56.8 Å². The molecule has 3 aromatic rings. The fraction of sp³-hybridized carbons (Fsp3) is 0.143. The highest BCUT2D eigenvalue weighted by Crippen LogP contribution is 2.46. The number of hydrogen-bond acceptors (Lipinski definition) is 7. The number of H-pyrrole nitrogens is 1. The van der Waals surface area contributed by atoms with Gasteiger partial charge in [0.05, 0.1) is 19.8 Å². The van der Waals surface area contributed by atoms with E-state index in [4.69, 9.17) is 15.2 Å². The molecule has 0 unspecified atom stereocenters. The minimum atomic E-state index is -0.459. The fourth-order valence-electron chi connectivity index (χ4n) is 3.49. The van der Waals surface area contributed by atoms with E-state index in [0.717, 1.165) is 22.4 Å². The Morgan fingerprint density at radius 2 is 1.97 bits per heavy atom. The lowest BCUT2D eigenvalue weighted by Gasteiger charge is -2.24. The Morgan fingerprint density at radius 1 is 1.31 bits per heavy atom. The van der Waals surface area contributed by atoms with Crippen LogP contribution in [0.1, 0.15) is 28.3 Å². The summed E-state index contributed by atoms with van der Waals surface area (Å²) in [6, 6.07) is 12.0. The Balaban J connectivity index is 1.65. The number of halogens is 2. The average molecular weight is 561 g/mol. The van der Waals surface area contributed by atoms with E-state index in [9.17, 15) is 15.4 Å². The molecule has 1 aromatic heterocycles. The van der Waals surface area contributed by atoms with Crippen molar-refractivity contribution in [2.75, 3.05) is 0 Å². The van der Waals surface area contributed by atoms with E-state index < -0.39 is 10.8 Å². The smallest absolute Gasteiger partial charge is 0.269 e. The highest BCUT2D eigenvalue weighted by molar-refractivity contribution is 9.11. The van der Waals surface area contributed by atoms with Gasteiger partial charge in [0.2, 0.25) is 11.8 Å². The lowest BCUT2D eigenvalue weighted by Crippen LogP contribution is -2.21. The molecule has 1 atom stereocenters. The van der Waals surface area contributed by atoms with Gasteiger partial charge < -0.3 is 15.2 Å². The Kier molecular flexibility index (Phi) is 5.90. The standard InChI is InChI=1S/C21H15Br2N5O4/c1-10-17-18(14(8-24)20(25)32-21(17)27-26-10)12-6-15(22)19(16(23)7-12)31-9-11-2-4-13(5-3-11)28(29)30/h2-7,18H,9,25H2,1H3,(H,26,27)/t18-/m0/s1. The number of benzene rings is 2. The number of nitrogens with one attached hydrogen (secondary N) is 1. The molecule has 162 valence electrons. The number of allylic oxidation sites excluding steroid dienone is 1. The third-order valence-corrected chi connectivity index (χ3v) is 6.19. The van der Waals surface area contributed by atoms with Gasteiger partial charge in [-0.3, -0.25) is 15.2 Å². The molecule has 0 fully saturated rings. The summed E-state index contributed by atoms with van der Waals surface area (Å²) in [5.41, 5.74) is 9.38. The molecule has 0 aliphatic carbocycles. The van der Waals surface area contributed by atoms with Gasteiger partial charge in [-0.25, -0.2) is 0 Å². The third kappa shape index (κ3) is 3.94. The van der Waals surface area contributed by atoms with Gasteiger partial charge in [-0.2, -0.15) is 5.26 Å². The van der Waals surface area contributed by atoms with Crippen LogP contribution in [-0.2, 0) is 6.61 Å². The number of nitro groups is 1. The van der Waals surface area contributed by atoms with E-state index >= 15 is 0 Å². The van der Waals surface area contributed by atoms with Gasteiger partial charge in [0.15, 0.2) is 0 Å². The molecule has 2 heterocycles. The molecule has 0 radical (unpaired) electrons. The predicted octanol–water partition coefficient (Wildman–Crippen LogP) is 4.95. The van der Waals surface area contributed by atoms with E-state index in [-0.39, 0.29) is 18.2 Å². The second-order valence-corrected chi connectivity index (χ2v) is 8.73. The molecule has 0 bridgehead atoms. The van der Waals surface area contributed by atoms with E-state index in [1.54, 1.807) is 12.1 Å². The van der Waals surface area contributed by atoms with Crippen molar-refractivity contribution in [1.82, 2.24) is 10.2 Å². The maximum Gasteiger partial charge on any atom is 0.269 e. The molecule has 32 heavy (non-hydrogen) atoms. The first-order chi connectivity index (χ1) is 15.3. The zero-order chi connectivity index (χ0) is 23.0. The van der Waals surface area contributed by atoms with Crippen LogP contribution in [-0.4, -0.2) is 15.1 Å². The summed E-state index contributed by atoms with van der Waals surface area (Å²) in [5.74, 6) is 0.453. The lowest BCUT2D eigenvalue weighted by atomic mass is 9.84. The number of ether oxygens (including phenoxy) is 2. The minimum Gasteiger partial charge on any atom is -0.487 e. The topological polar surface area (TPSA) is 140 Å². The minimum absolute atomic E-state index is 0.0160. The van der Waals surface area contributed by atoms with Crippen molar-refractivity contribution in [1.29, 1.82) is 5.26 Å². The fourth-order valence-corrected chi connectivity index (χ4v) is 4.94. The number of aromatic amines is 1. The molecule has 0 amide bonds. The van der Waals surface area contributed by atoms with Crippen LogP contribution >= 0.6 is 31.9 Å². The second-order valence-electron chi connectivity index (χ2n) is 7.02. The summed E-state index contributed by atoms with van der Waals surface area (Å²) >= 11 is 7.09. The molecule has 2 aromatic carbocycles. The number of hydrogen-bond donors (Lipinski definition) is 2. The maximum atomic E-state index is 10.8. The van der Waals surface area contributed by atoms with Crippen LogP contribution in [0.2, 0.25) is 0 Å². The van der Waals surface area contributed by atoms with Crippen molar-refractivity contribution in [3.8, 4) is 17.7 Å². The van der Waals surface area contributed by atoms with Crippen LogP contribution in [0.3, 0.4) is 0 Å². The lowest BCUT2D eigenvalue weighted by molar-refractivity contribution is -0.384. The van der Waals surface area contributed by atoms with Crippen LogP contribution in [0.25, 0.3) is 0 Å². The number of non-ortho nitro benzene ring substituents is 1. The van der Waals surface area contributed by atoms with Crippen LogP contribution < -0.4 is 15.2 Å². The number of aromatic nitrogens is 2. The number of nitriles is 1. The van der Waals surface area contributed by atoms with E-state index in [1.807, 2.05) is 19.1 Å². The van der Waals surface area contributed by atoms with Crippen molar-refractivity contribution >= 4 is 37.5 Å². The van der Waals surface area contributed by atoms with Gasteiger partial charge in [0.1, 0.15) is 24.0 Å². The summed E-state index contributed by atoms with van der Waals surface area (Å²) in [6.45, 7) is 2.07. The van der Waals surface area contributed by atoms with Crippen molar-refractivity contribution in [3.05, 3.63) is 89.3 Å². The SMILES string of the molecule is Cc1[nH]nc2c1[C@@H](c1cc(Br)c(OCc3ccc([N+](=O)[O-])cc3)c(Br)c1)C(C#N)=C(N)O2. The average Bonchev–Trinajstić information content (AvgIpc) is 3.12. The van der Waals surface area contributed by atoms with Crippen LogP contribution in [0.5, 0.6) is 11.6 Å². The van der Waals surface area contributed by atoms with Crippen molar-refractivity contribution in [3.63, 3.8) is 0 Å². The summed E-state index contributed by atoms with van der Waals surface area (Å²) in [7, 11) is 0. The first-order valence-electron chi connectivity index (χ1n) is 9.27. The molecule has 11 heteroatoms. The second kappa shape index (κ2) is 8.64. The highest BCUT2D eigenvalue weighted by atomic mass is 79.9. The van der Waals surface area contributed by atoms with Gasteiger partial charge in [-0.1, -0.05) is 0 Å². The molecule has 4 rings (SSSR count). The summed E-state index contributed by atoms with van der Waals surface area (Å²) in [4.78, 5) is 10.4. The van der Waals surface area contributed by atoms with E-state index in [1.165, 1.54) is 12.1 Å². The summed E-state index contributed by atoms with van der Waals surface area (Å²) < 4.78 is 12.8. The number of rotatable bonds is 5. The summed E-state index contributed by atoms with van der Waals surface area (Å²) in [6.07, 6.45) is 0. The van der Waals surface area contributed by atoms with Gasteiger partial charge in [-0.15, -0.1) is 5.10 Å². The van der Waals surface area contributed by atoms with Crippen LogP contribution in [0, 0.1) is 28.4 Å². The normalized spacial score (nSPS) is 15.0. The van der Waals surface area contributed by atoms with Gasteiger partial charge in [-0.05, 0) is 74.2 Å². The molecule has 0 saturated heterocycles. The molecule has 9 nitrogen and oxygen atoms in total. The Hall–Kier alpha value is -3.36. The predicted molar refractivity (Wildman–Crippen MR) is 122 cm³/mol. The van der Waals surface area contributed by atoms with Gasteiger partial charge in [0, 0.05) is 23.4 Å². The summed E-state index contributed by atoms with van der Waals surface area (Å²) in [5, 5.41) is 27.5. The molecule has 1 aliphatic rings. The maximum absolute atomic E-state index is 10.8. The Morgan fingerprint density at radius 3 is 2.56 bits per heavy atom. The van der Waals surface area contributed by atoms with Gasteiger partial charge >= 0.3 is 0 Å².